The van der Waals surface area contributed by atoms with Gasteiger partial charge in [0.05, 0.1) is 16.2 Å². The quantitative estimate of drug-likeness (QED) is 0.296. The lowest BCUT2D eigenvalue weighted by Gasteiger charge is -2.14. The molecular weight excluding hydrogens is 405 g/mol. The van der Waals surface area contributed by atoms with Gasteiger partial charge in [-0.25, -0.2) is 9.40 Å². The molecule has 2 amide bonds. The first kappa shape index (κ1) is 20.0. The molecule has 0 bridgehead atoms. The number of nitrogens with zero attached hydrogens (tertiary/aromatic N) is 2. The Morgan fingerprint density at radius 1 is 1.06 bits per heavy atom. The van der Waals surface area contributed by atoms with E-state index in [0.29, 0.717) is 16.8 Å². The number of rotatable bonds is 4. The second-order valence-corrected chi connectivity index (χ2v) is 6.98. The van der Waals surface area contributed by atoms with Gasteiger partial charge in [-0.05, 0) is 68.0 Å². The fourth-order valence-corrected chi connectivity index (χ4v) is 3.28. The van der Waals surface area contributed by atoms with Crippen LogP contribution in [0.25, 0.3) is 17.4 Å². The van der Waals surface area contributed by atoms with Crippen LogP contribution in [0.1, 0.15) is 16.9 Å². The summed E-state index contributed by atoms with van der Waals surface area (Å²) < 4.78 is 18.8. The zero-order valence-corrected chi connectivity index (χ0v) is 16.5. The smallest absolute Gasteiger partial charge is 0.283 e. The van der Waals surface area contributed by atoms with E-state index in [1.54, 1.807) is 32.0 Å². The molecule has 1 fully saturated rings. The molecule has 1 aliphatic heterocycles. The summed E-state index contributed by atoms with van der Waals surface area (Å²) in [6.07, 6.45) is 1.26. The first-order valence-corrected chi connectivity index (χ1v) is 9.24. The maximum atomic E-state index is 13.1. The van der Waals surface area contributed by atoms with Gasteiger partial charge in [-0.1, -0.05) is 6.07 Å². The van der Waals surface area contributed by atoms with Gasteiger partial charge in [0.2, 0.25) is 0 Å². The molecule has 0 atom stereocenters. The number of carbonyl (C=O) groups excluding carboxylic acids is 2. The number of hydrazine groups is 1. The molecule has 0 saturated carbocycles. The molecule has 1 N–H and O–H groups in total. The van der Waals surface area contributed by atoms with Crippen molar-refractivity contribution >= 4 is 29.3 Å². The van der Waals surface area contributed by atoms with Crippen LogP contribution in [0.4, 0.5) is 15.8 Å². The van der Waals surface area contributed by atoms with Gasteiger partial charge in [0, 0.05) is 5.56 Å². The number of nitro benzene ring substituents is 1. The van der Waals surface area contributed by atoms with Crippen LogP contribution in [0.3, 0.4) is 0 Å². The minimum Gasteiger partial charge on any atom is -0.456 e. The molecule has 2 heterocycles. The molecule has 0 radical (unpaired) electrons. The monoisotopic (exact) mass is 421 g/mol. The van der Waals surface area contributed by atoms with Crippen LogP contribution in [-0.2, 0) is 9.59 Å². The first-order chi connectivity index (χ1) is 14.8. The number of furan rings is 1. The molecule has 4 rings (SSSR count). The number of nitro groups is 1. The molecule has 156 valence electrons. The van der Waals surface area contributed by atoms with Crippen molar-refractivity contribution in [1.29, 1.82) is 0 Å². The van der Waals surface area contributed by atoms with Gasteiger partial charge in [0.25, 0.3) is 17.5 Å². The highest BCUT2D eigenvalue weighted by Gasteiger charge is 2.35. The van der Waals surface area contributed by atoms with Gasteiger partial charge in [0.15, 0.2) is 0 Å². The second-order valence-electron chi connectivity index (χ2n) is 6.98. The summed E-state index contributed by atoms with van der Waals surface area (Å²) in [5, 5.41) is 12.6. The van der Waals surface area contributed by atoms with Crippen LogP contribution in [0.2, 0.25) is 0 Å². The maximum Gasteiger partial charge on any atom is 0.283 e. The highest BCUT2D eigenvalue weighted by atomic mass is 19.1. The number of aryl methyl sites for hydroxylation is 1. The molecule has 9 heteroatoms. The zero-order valence-electron chi connectivity index (χ0n) is 16.5. The summed E-state index contributed by atoms with van der Waals surface area (Å²) in [4.78, 5) is 36.0. The minimum absolute atomic E-state index is 0.0641. The summed E-state index contributed by atoms with van der Waals surface area (Å²) in [5.41, 5.74) is 4.07. The third-order valence-electron chi connectivity index (χ3n) is 5.04. The fourth-order valence-electron chi connectivity index (χ4n) is 3.28. The average molecular weight is 421 g/mol. The molecular formula is C22H16FN3O5. The Labute approximate surface area is 175 Å². The van der Waals surface area contributed by atoms with Crippen LogP contribution >= 0.6 is 0 Å². The van der Waals surface area contributed by atoms with E-state index in [0.717, 1.165) is 10.6 Å². The van der Waals surface area contributed by atoms with Crippen LogP contribution in [-0.4, -0.2) is 16.7 Å². The summed E-state index contributed by atoms with van der Waals surface area (Å²) in [6, 6.07) is 11.5. The molecule has 1 saturated heterocycles. The predicted molar refractivity (Wildman–Crippen MR) is 110 cm³/mol. The Kier molecular flexibility index (Phi) is 4.86. The molecule has 0 unspecified atom stereocenters. The second kappa shape index (κ2) is 7.52. The van der Waals surface area contributed by atoms with Crippen molar-refractivity contribution in [2.24, 2.45) is 0 Å². The van der Waals surface area contributed by atoms with Gasteiger partial charge in [-0.2, -0.15) is 0 Å². The van der Waals surface area contributed by atoms with Crippen molar-refractivity contribution < 1.29 is 23.3 Å². The van der Waals surface area contributed by atoms with E-state index in [9.17, 15) is 24.1 Å². The number of hydrogen-bond acceptors (Lipinski definition) is 5. The van der Waals surface area contributed by atoms with Crippen molar-refractivity contribution in [3.8, 4) is 11.3 Å². The summed E-state index contributed by atoms with van der Waals surface area (Å²) in [6.45, 7) is 3.44. The number of anilines is 1. The fraction of sp³-hybridized carbons (Fsp3) is 0.0909. The van der Waals surface area contributed by atoms with Crippen LogP contribution in [0, 0.1) is 29.8 Å². The molecule has 1 aromatic heterocycles. The average Bonchev–Trinajstić information content (AvgIpc) is 3.30. The molecule has 31 heavy (non-hydrogen) atoms. The molecule has 0 spiro atoms. The van der Waals surface area contributed by atoms with Crippen LogP contribution in [0.5, 0.6) is 0 Å². The van der Waals surface area contributed by atoms with Crippen molar-refractivity contribution in [2.45, 2.75) is 13.8 Å². The van der Waals surface area contributed by atoms with Crippen molar-refractivity contribution in [3.05, 3.63) is 86.9 Å². The summed E-state index contributed by atoms with van der Waals surface area (Å²) >= 11 is 0. The SMILES string of the molecule is Cc1ccc(-c2ccc(/C=C3\C(=O)NN(c4ccc(F)cc4)C3=O)o2)c([N+](=O)[O-])c1C. The highest BCUT2D eigenvalue weighted by Crippen LogP contribution is 2.35. The Bertz CT molecular complexity index is 1260. The Morgan fingerprint density at radius 2 is 1.77 bits per heavy atom. The van der Waals surface area contributed by atoms with Gasteiger partial charge >= 0.3 is 0 Å². The van der Waals surface area contributed by atoms with Crippen molar-refractivity contribution in [3.63, 3.8) is 0 Å². The van der Waals surface area contributed by atoms with E-state index in [1.165, 1.54) is 36.4 Å². The number of nitrogens with one attached hydrogen (secondary N) is 1. The van der Waals surface area contributed by atoms with E-state index >= 15 is 0 Å². The lowest BCUT2D eigenvalue weighted by molar-refractivity contribution is -0.384. The zero-order chi connectivity index (χ0) is 22.3. The summed E-state index contributed by atoms with van der Waals surface area (Å²) in [7, 11) is 0. The van der Waals surface area contributed by atoms with Gasteiger partial charge in [0.1, 0.15) is 22.9 Å². The normalized spacial score (nSPS) is 14.9. The molecule has 2 aromatic carbocycles. The molecule has 1 aliphatic rings. The number of hydrogen-bond donors (Lipinski definition) is 1. The van der Waals surface area contributed by atoms with Crippen molar-refractivity contribution in [2.75, 3.05) is 5.01 Å². The lowest BCUT2D eigenvalue weighted by Crippen LogP contribution is -2.35. The third-order valence-corrected chi connectivity index (χ3v) is 5.04. The third kappa shape index (κ3) is 3.57. The number of halogens is 1. The number of amides is 2. The lowest BCUT2D eigenvalue weighted by atomic mass is 10.0. The van der Waals surface area contributed by atoms with Crippen molar-refractivity contribution in [1.82, 2.24) is 5.43 Å². The number of benzene rings is 2. The van der Waals surface area contributed by atoms with E-state index in [-0.39, 0.29) is 22.8 Å². The van der Waals surface area contributed by atoms with Gasteiger partial charge in [-0.15, -0.1) is 0 Å². The maximum absolute atomic E-state index is 13.1. The standard InChI is InChI=1S/C22H16FN3O5/c1-12-3-9-17(20(13(12)2)26(29)30)19-10-8-16(31-19)11-18-21(27)24-25(22(18)28)15-6-4-14(23)5-7-15/h3-11H,1-2H3,(H,24,27)/b18-11+. The topological polar surface area (TPSA) is 106 Å². The van der Waals surface area contributed by atoms with E-state index < -0.39 is 22.6 Å². The van der Waals surface area contributed by atoms with E-state index in [1.807, 2.05) is 0 Å². The highest BCUT2D eigenvalue weighted by molar-refractivity contribution is 6.31. The van der Waals surface area contributed by atoms with Gasteiger partial charge in [-0.3, -0.25) is 25.1 Å². The molecule has 0 aliphatic carbocycles. The van der Waals surface area contributed by atoms with Gasteiger partial charge < -0.3 is 4.42 Å². The minimum atomic E-state index is -0.649. The molecule has 8 nitrogen and oxygen atoms in total. The Hall–Kier alpha value is -4.27. The molecule has 3 aromatic rings. The van der Waals surface area contributed by atoms with E-state index in [4.69, 9.17) is 4.42 Å². The largest absolute Gasteiger partial charge is 0.456 e. The van der Waals surface area contributed by atoms with Crippen LogP contribution in [0.15, 0.2) is 58.5 Å². The summed E-state index contributed by atoms with van der Waals surface area (Å²) in [5.74, 6) is -1.33. The predicted octanol–water partition coefficient (Wildman–Crippen LogP) is 4.07. The van der Waals surface area contributed by atoms with Crippen LogP contribution < -0.4 is 10.4 Å². The van der Waals surface area contributed by atoms with E-state index in [2.05, 4.69) is 5.43 Å². The first-order valence-electron chi connectivity index (χ1n) is 9.24. The number of carbonyl (C=O) groups is 2. The Balaban J connectivity index is 1.67. The Morgan fingerprint density at radius 3 is 2.45 bits per heavy atom.